The van der Waals surface area contributed by atoms with Crippen molar-refractivity contribution >= 4 is 0 Å². The fourth-order valence-corrected chi connectivity index (χ4v) is 2.83. The van der Waals surface area contributed by atoms with Crippen molar-refractivity contribution in [3.8, 4) is 0 Å². The molecule has 1 heterocycles. The Balaban J connectivity index is 2.35. The van der Waals surface area contributed by atoms with Gasteiger partial charge in [0.25, 0.3) is 0 Å². The summed E-state index contributed by atoms with van der Waals surface area (Å²) in [5.74, 6) is 0. The summed E-state index contributed by atoms with van der Waals surface area (Å²) in [5, 5.41) is 4.36. The lowest BCUT2D eigenvalue weighted by Gasteiger charge is -2.47. The summed E-state index contributed by atoms with van der Waals surface area (Å²) >= 11 is 0. The van der Waals surface area contributed by atoms with Gasteiger partial charge in [-0.2, -0.15) is 5.10 Å². The van der Waals surface area contributed by atoms with Crippen LogP contribution in [0.1, 0.15) is 52.0 Å². The molecule has 2 rings (SSSR count). The van der Waals surface area contributed by atoms with Crippen LogP contribution < -0.4 is 5.73 Å². The van der Waals surface area contributed by atoms with Gasteiger partial charge in [-0.1, -0.05) is 26.7 Å². The van der Waals surface area contributed by atoms with Gasteiger partial charge in [-0.05, 0) is 25.2 Å². The van der Waals surface area contributed by atoms with Gasteiger partial charge in [0.05, 0.1) is 6.20 Å². The van der Waals surface area contributed by atoms with Crippen LogP contribution in [0.25, 0.3) is 0 Å². The van der Waals surface area contributed by atoms with E-state index in [1.807, 2.05) is 10.9 Å². The van der Waals surface area contributed by atoms with Gasteiger partial charge in [-0.3, -0.25) is 4.68 Å². The van der Waals surface area contributed by atoms with Crippen LogP contribution in [-0.2, 0) is 12.1 Å². The van der Waals surface area contributed by atoms with Crippen molar-refractivity contribution in [3.05, 3.63) is 18.0 Å². The van der Waals surface area contributed by atoms with Crippen LogP contribution in [0.15, 0.2) is 12.4 Å². The summed E-state index contributed by atoms with van der Waals surface area (Å²) < 4.78 is 1.97. The largest absolute Gasteiger partial charge is 0.321 e. The van der Waals surface area contributed by atoms with Crippen LogP contribution in [0.3, 0.4) is 0 Å². The van der Waals surface area contributed by atoms with E-state index in [-0.39, 0.29) is 11.0 Å². The summed E-state index contributed by atoms with van der Waals surface area (Å²) in [6, 6.07) is 0. The zero-order valence-electron chi connectivity index (χ0n) is 10.7. The first-order chi connectivity index (χ1) is 7.49. The minimum Gasteiger partial charge on any atom is -0.321 e. The van der Waals surface area contributed by atoms with E-state index >= 15 is 0 Å². The zero-order chi connectivity index (χ0) is 11.8. The standard InChI is InChI=1S/C13H23N3/c1-4-16-10-11(9-15-16)13(14)8-6-5-7-12(13,2)3/h9-10H,4-8,14H2,1-3H3. The van der Waals surface area contributed by atoms with Crippen molar-refractivity contribution in [2.45, 2.75) is 58.5 Å². The molecular formula is C13H23N3. The molecule has 1 aromatic rings. The van der Waals surface area contributed by atoms with Gasteiger partial charge in [0.15, 0.2) is 0 Å². The van der Waals surface area contributed by atoms with Gasteiger partial charge >= 0.3 is 0 Å². The van der Waals surface area contributed by atoms with Gasteiger partial charge < -0.3 is 5.73 Å². The molecule has 0 aliphatic heterocycles. The number of nitrogens with two attached hydrogens (primary N) is 1. The molecule has 0 radical (unpaired) electrons. The summed E-state index contributed by atoms with van der Waals surface area (Å²) in [4.78, 5) is 0. The summed E-state index contributed by atoms with van der Waals surface area (Å²) in [7, 11) is 0. The molecule has 1 atom stereocenters. The Kier molecular flexibility index (Phi) is 2.82. The van der Waals surface area contributed by atoms with Gasteiger partial charge in [0.1, 0.15) is 0 Å². The Bertz CT molecular complexity index is 367. The molecule has 16 heavy (non-hydrogen) atoms. The molecule has 0 bridgehead atoms. The van der Waals surface area contributed by atoms with Crippen LogP contribution in [0.2, 0.25) is 0 Å². The van der Waals surface area contributed by atoms with E-state index in [0.29, 0.717) is 0 Å². The molecule has 1 fully saturated rings. The Hall–Kier alpha value is -0.830. The maximum Gasteiger partial charge on any atom is 0.0540 e. The molecule has 0 spiro atoms. The second kappa shape index (κ2) is 3.88. The number of aryl methyl sites for hydroxylation is 1. The molecule has 2 N–H and O–H groups in total. The fourth-order valence-electron chi connectivity index (χ4n) is 2.83. The summed E-state index contributed by atoms with van der Waals surface area (Å²) in [5.41, 5.74) is 7.86. The number of hydrogen-bond acceptors (Lipinski definition) is 2. The highest BCUT2D eigenvalue weighted by Gasteiger charge is 2.45. The minimum atomic E-state index is -0.196. The number of hydrogen-bond donors (Lipinski definition) is 1. The second-order valence-electron chi connectivity index (χ2n) is 5.65. The maximum absolute atomic E-state index is 6.67. The molecule has 1 aliphatic rings. The fraction of sp³-hybridized carbons (Fsp3) is 0.769. The van der Waals surface area contributed by atoms with E-state index in [1.54, 1.807) is 0 Å². The van der Waals surface area contributed by atoms with E-state index < -0.39 is 0 Å². The molecule has 3 heteroatoms. The Morgan fingerprint density at radius 2 is 2.06 bits per heavy atom. The highest BCUT2D eigenvalue weighted by Crippen LogP contribution is 2.48. The molecule has 0 aromatic carbocycles. The van der Waals surface area contributed by atoms with Crippen LogP contribution in [0.5, 0.6) is 0 Å². The average Bonchev–Trinajstić information content (AvgIpc) is 2.71. The van der Waals surface area contributed by atoms with Gasteiger partial charge in [-0.25, -0.2) is 0 Å². The first kappa shape index (κ1) is 11.6. The van der Waals surface area contributed by atoms with Gasteiger partial charge in [0.2, 0.25) is 0 Å². The van der Waals surface area contributed by atoms with Crippen molar-refractivity contribution in [1.82, 2.24) is 9.78 Å². The second-order valence-corrected chi connectivity index (χ2v) is 5.65. The summed E-state index contributed by atoms with van der Waals surface area (Å²) in [6.45, 7) is 7.59. The lowest BCUT2D eigenvalue weighted by atomic mass is 9.61. The smallest absolute Gasteiger partial charge is 0.0540 e. The quantitative estimate of drug-likeness (QED) is 0.834. The predicted octanol–water partition coefficient (Wildman–Crippen LogP) is 2.66. The Morgan fingerprint density at radius 1 is 1.38 bits per heavy atom. The molecule has 90 valence electrons. The third-order valence-corrected chi connectivity index (χ3v) is 4.30. The average molecular weight is 221 g/mol. The van der Waals surface area contributed by atoms with Crippen molar-refractivity contribution < 1.29 is 0 Å². The van der Waals surface area contributed by atoms with E-state index in [9.17, 15) is 0 Å². The molecule has 0 saturated heterocycles. The van der Waals surface area contributed by atoms with E-state index in [0.717, 1.165) is 13.0 Å². The lowest BCUT2D eigenvalue weighted by molar-refractivity contribution is 0.0978. The molecule has 1 aromatic heterocycles. The van der Waals surface area contributed by atoms with Crippen molar-refractivity contribution in [3.63, 3.8) is 0 Å². The maximum atomic E-state index is 6.67. The van der Waals surface area contributed by atoms with Crippen LogP contribution in [-0.4, -0.2) is 9.78 Å². The van der Waals surface area contributed by atoms with Crippen LogP contribution in [0.4, 0.5) is 0 Å². The van der Waals surface area contributed by atoms with Gasteiger partial charge in [-0.15, -0.1) is 0 Å². The van der Waals surface area contributed by atoms with Gasteiger partial charge in [0, 0.05) is 23.8 Å². The highest BCUT2D eigenvalue weighted by atomic mass is 15.3. The van der Waals surface area contributed by atoms with E-state index in [4.69, 9.17) is 5.73 Å². The highest BCUT2D eigenvalue weighted by molar-refractivity contribution is 5.22. The van der Waals surface area contributed by atoms with Crippen molar-refractivity contribution in [2.75, 3.05) is 0 Å². The Morgan fingerprint density at radius 3 is 2.62 bits per heavy atom. The zero-order valence-corrected chi connectivity index (χ0v) is 10.7. The molecular weight excluding hydrogens is 198 g/mol. The van der Waals surface area contributed by atoms with E-state index in [2.05, 4.69) is 32.1 Å². The van der Waals surface area contributed by atoms with Crippen molar-refractivity contribution in [1.29, 1.82) is 0 Å². The topological polar surface area (TPSA) is 43.8 Å². The Labute approximate surface area is 98.0 Å². The molecule has 1 saturated carbocycles. The number of rotatable bonds is 2. The van der Waals surface area contributed by atoms with Crippen LogP contribution in [0, 0.1) is 5.41 Å². The van der Waals surface area contributed by atoms with Crippen molar-refractivity contribution in [2.24, 2.45) is 11.1 Å². The predicted molar refractivity (Wildman–Crippen MR) is 66.0 cm³/mol. The normalized spacial score (nSPS) is 29.2. The first-order valence-corrected chi connectivity index (χ1v) is 6.31. The molecule has 0 amide bonds. The van der Waals surface area contributed by atoms with E-state index in [1.165, 1.54) is 24.8 Å². The monoisotopic (exact) mass is 221 g/mol. The third kappa shape index (κ3) is 1.67. The SMILES string of the molecule is CCn1cc(C2(N)CCCCC2(C)C)cn1. The molecule has 1 aliphatic carbocycles. The number of nitrogens with zero attached hydrogens (tertiary/aromatic N) is 2. The summed E-state index contributed by atoms with van der Waals surface area (Å²) in [6.07, 6.45) is 8.89. The molecule has 1 unspecified atom stereocenters. The first-order valence-electron chi connectivity index (χ1n) is 6.31. The number of aromatic nitrogens is 2. The lowest BCUT2D eigenvalue weighted by Crippen LogP contribution is -2.51. The minimum absolute atomic E-state index is 0.173. The molecule has 3 nitrogen and oxygen atoms in total. The third-order valence-electron chi connectivity index (χ3n) is 4.30. The van der Waals surface area contributed by atoms with Crippen LogP contribution >= 0.6 is 0 Å².